The summed E-state index contributed by atoms with van der Waals surface area (Å²) in [6.07, 6.45) is 0.988. The summed E-state index contributed by atoms with van der Waals surface area (Å²) in [6, 6.07) is 10.3. The monoisotopic (exact) mass is 422 g/mol. The minimum Gasteiger partial charge on any atom is -0.380 e. The number of nitrogens with one attached hydrogen (secondary N) is 1. The van der Waals surface area contributed by atoms with E-state index in [1.54, 1.807) is 15.9 Å². The normalized spacial score (nSPS) is 17.8. The van der Waals surface area contributed by atoms with Crippen molar-refractivity contribution < 1.29 is 19.1 Å². The Bertz CT molecular complexity index is 1190. The minimum absolute atomic E-state index is 0.00901. The number of para-hydroxylation sites is 1. The van der Waals surface area contributed by atoms with Crippen molar-refractivity contribution in [1.82, 2.24) is 20.0 Å². The number of carbonyl (C=O) groups excluding carboxylic acids is 2. The zero-order chi connectivity index (χ0) is 21.8. The number of benzene rings is 2. The second-order valence-corrected chi connectivity index (χ2v) is 8.36. The van der Waals surface area contributed by atoms with Crippen LogP contribution in [0.25, 0.3) is 22.0 Å². The summed E-state index contributed by atoms with van der Waals surface area (Å²) in [6.45, 7) is 3.24. The summed E-state index contributed by atoms with van der Waals surface area (Å²) >= 11 is 0. The maximum absolute atomic E-state index is 14.9. The third kappa shape index (κ3) is 3.37. The molecule has 2 heterocycles. The predicted molar refractivity (Wildman–Crippen MR) is 113 cm³/mol. The molecule has 8 heteroatoms. The lowest BCUT2D eigenvalue weighted by molar-refractivity contribution is -0.143. The van der Waals surface area contributed by atoms with Crippen molar-refractivity contribution >= 4 is 22.7 Å². The third-order valence-electron chi connectivity index (χ3n) is 6.26. The largest absolute Gasteiger partial charge is 0.380 e. The molecule has 1 aliphatic carbocycles. The maximum atomic E-state index is 14.9. The van der Waals surface area contributed by atoms with Crippen LogP contribution in [0, 0.1) is 12.7 Å². The number of hydrogen-bond acceptors (Lipinski definition) is 4. The zero-order valence-electron chi connectivity index (χ0n) is 17.2. The van der Waals surface area contributed by atoms with Gasteiger partial charge >= 0.3 is 0 Å². The Morgan fingerprint density at radius 3 is 2.48 bits per heavy atom. The van der Waals surface area contributed by atoms with Gasteiger partial charge in [-0.05, 0) is 37.5 Å². The van der Waals surface area contributed by atoms with Crippen LogP contribution in [0.2, 0.25) is 0 Å². The number of aliphatic hydroxyl groups is 1. The minimum atomic E-state index is -1.20. The molecule has 7 nitrogen and oxygen atoms in total. The van der Waals surface area contributed by atoms with Crippen LogP contribution in [-0.4, -0.2) is 68.7 Å². The van der Waals surface area contributed by atoms with E-state index in [0.29, 0.717) is 44.6 Å². The number of rotatable bonds is 3. The molecule has 0 spiro atoms. The topological polar surface area (TPSA) is 89.5 Å². The van der Waals surface area contributed by atoms with E-state index in [4.69, 9.17) is 0 Å². The van der Waals surface area contributed by atoms with Gasteiger partial charge in [0.2, 0.25) is 0 Å². The number of aromatic nitrogens is 2. The van der Waals surface area contributed by atoms with E-state index in [1.165, 1.54) is 12.1 Å². The fourth-order valence-corrected chi connectivity index (χ4v) is 4.17. The molecule has 1 saturated heterocycles. The first-order valence-corrected chi connectivity index (χ1v) is 10.4. The number of fused-ring (bicyclic) bond motifs is 1. The maximum Gasteiger partial charge on any atom is 0.256 e. The molecule has 2 aromatic carbocycles. The van der Waals surface area contributed by atoms with Gasteiger partial charge in [-0.2, -0.15) is 5.10 Å². The van der Waals surface area contributed by atoms with E-state index in [0.717, 1.165) is 22.2 Å². The summed E-state index contributed by atoms with van der Waals surface area (Å²) in [5.74, 6) is -1.24. The number of aromatic amines is 1. The van der Waals surface area contributed by atoms with Gasteiger partial charge in [-0.1, -0.05) is 24.3 Å². The second-order valence-electron chi connectivity index (χ2n) is 8.36. The van der Waals surface area contributed by atoms with Crippen LogP contribution < -0.4 is 0 Å². The van der Waals surface area contributed by atoms with Gasteiger partial charge < -0.3 is 14.9 Å². The average Bonchev–Trinajstić information content (AvgIpc) is 3.43. The van der Waals surface area contributed by atoms with Gasteiger partial charge in [-0.25, -0.2) is 4.39 Å². The molecular weight excluding hydrogens is 399 g/mol. The zero-order valence-corrected chi connectivity index (χ0v) is 17.2. The lowest BCUT2D eigenvalue weighted by Gasteiger charge is -2.35. The van der Waals surface area contributed by atoms with Crippen molar-refractivity contribution in [2.45, 2.75) is 25.4 Å². The molecule has 5 rings (SSSR count). The lowest BCUT2D eigenvalue weighted by Crippen LogP contribution is -2.53. The molecule has 2 amide bonds. The Balaban J connectivity index is 1.33. The molecule has 0 atom stereocenters. The molecule has 1 aromatic heterocycles. The van der Waals surface area contributed by atoms with Crippen LogP contribution in [0.15, 0.2) is 36.4 Å². The van der Waals surface area contributed by atoms with Gasteiger partial charge in [0.1, 0.15) is 16.9 Å². The Morgan fingerprint density at radius 1 is 1.10 bits per heavy atom. The number of nitrogens with zero attached hydrogens (tertiary/aromatic N) is 3. The third-order valence-corrected chi connectivity index (χ3v) is 6.26. The Kier molecular flexibility index (Phi) is 4.55. The molecule has 2 aliphatic rings. The Hall–Kier alpha value is -3.26. The fraction of sp³-hybridized carbons (Fsp3) is 0.348. The molecule has 2 N–H and O–H groups in total. The summed E-state index contributed by atoms with van der Waals surface area (Å²) in [7, 11) is 0. The van der Waals surface area contributed by atoms with Crippen LogP contribution >= 0.6 is 0 Å². The summed E-state index contributed by atoms with van der Waals surface area (Å²) in [4.78, 5) is 28.3. The van der Waals surface area contributed by atoms with E-state index in [-0.39, 0.29) is 11.5 Å². The highest BCUT2D eigenvalue weighted by Gasteiger charge is 2.50. The van der Waals surface area contributed by atoms with E-state index < -0.39 is 17.3 Å². The van der Waals surface area contributed by atoms with E-state index in [1.807, 2.05) is 25.1 Å². The highest BCUT2D eigenvalue weighted by atomic mass is 19.1. The van der Waals surface area contributed by atoms with E-state index in [2.05, 4.69) is 10.2 Å². The van der Waals surface area contributed by atoms with Crippen molar-refractivity contribution in [3.63, 3.8) is 0 Å². The SMILES string of the molecule is Cc1[nH]nc2c(-c3ccc(C(=O)N4CCN(C(=O)C5(O)CC5)CC4)c(F)c3)cccc12. The number of halogens is 1. The molecule has 0 bridgehead atoms. The fourth-order valence-electron chi connectivity index (χ4n) is 4.17. The predicted octanol–water partition coefficient (Wildman–Crippen LogP) is 2.49. The average molecular weight is 422 g/mol. The van der Waals surface area contributed by atoms with Crippen LogP contribution in [0.5, 0.6) is 0 Å². The van der Waals surface area contributed by atoms with Crippen molar-refractivity contribution in [1.29, 1.82) is 0 Å². The van der Waals surface area contributed by atoms with Crippen molar-refractivity contribution in [3.05, 3.63) is 53.5 Å². The highest BCUT2D eigenvalue weighted by Crippen LogP contribution is 2.37. The van der Waals surface area contributed by atoms with Gasteiger partial charge in [0.05, 0.1) is 5.56 Å². The van der Waals surface area contributed by atoms with Crippen molar-refractivity contribution in [2.75, 3.05) is 26.2 Å². The quantitative estimate of drug-likeness (QED) is 0.679. The molecule has 2 fully saturated rings. The van der Waals surface area contributed by atoms with Gasteiger partial charge in [-0.3, -0.25) is 14.7 Å². The first-order valence-electron chi connectivity index (χ1n) is 10.4. The highest BCUT2D eigenvalue weighted by molar-refractivity contribution is 5.98. The molecule has 160 valence electrons. The summed E-state index contributed by atoms with van der Waals surface area (Å²) < 4.78 is 14.9. The lowest BCUT2D eigenvalue weighted by atomic mass is 10.00. The van der Waals surface area contributed by atoms with Gasteiger partial charge in [0, 0.05) is 42.8 Å². The standard InChI is InChI=1S/C23H23FN4O3/c1-14-16-3-2-4-17(20(16)26-25-14)15-5-6-18(19(24)13-15)21(29)27-9-11-28(12-10-27)22(30)23(31)7-8-23/h2-6,13,31H,7-12H2,1H3,(H,25,26). The Morgan fingerprint density at radius 2 is 1.81 bits per heavy atom. The molecule has 0 unspecified atom stereocenters. The van der Waals surface area contributed by atoms with Gasteiger partial charge in [0.25, 0.3) is 11.8 Å². The molecule has 3 aromatic rings. The number of piperazine rings is 1. The first kappa shape index (κ1) is 19.7. The molecule has 1 aliphatic heterocycles. The van der Waals surface area contributed by atoms with Crippen LogP contribution in [0.1, 0.15) is 28.9 Å². The van der Waals surface area contributed by atoms with E-state index in [9.17, 15) is 19.1 Å². The van der Waals surface area contributed by atoms with Crippen LogP contribution in [0.4, 0.5) is 4.39 Å². The van der Waals surface area contributed by atoms with Gasteiger partial charge in [0.15, 0.2) is 0 Å². The number of aryl methyl sites for hydroxylation is 1. The smallest absolute Gasteiger partial charge is 0.256 e. The number of H-pyrrole nitrogens is 1. The van der Waals surface area contributed by atoms with Crippen LogP contribution in [-0.2, 0) is 4.79 Å². The number of hydrogen-bond donors (Lipinski definition) is 2. The summed E-state index contributed by atoms with van der Waals surface area (Å²) in [5.41, 5.74) is 1.95. The number of amides is 2. The molecule has 0 radical (unpaired) electrons. The van der Waals surface area contributed by atoms with Crippen molar-refractivity contribution in [3.8, 4) is 11.1 Å². The molecular formula is C23H23FN4O3. The second kappa shape index (κ2) is 7.16. The molecule has 31 heavy (non-hydrogen) atoms. The van der Waals surface area contributed by atoms with Crippen LogP contribution in [0.3, 0.4) is 0 Å². The summed E-state index contributed by atoms with van der Waals surface area (Å²) in [5, 5.41) is 18.2. The van der Waals surface area contributed by atoms with E-state index >= 15 is 0 Å². The van der Waals surface area contributed by atoms with Crippen molar-refractivity contribution in [2.24, 2.45) is 0 Å². The van der Waals surface area contributed by atoms with Gasteiger partial charge in [-0.15, -0.1) is 0 Å². The number of carbonyl (C=O) groups is 2. The Labute approximate surface area is 178 Å². The molecule has 1 saturated carbocycles. The first-order chi connectivity index (χ1) is 14.9.